The van der Waals surface area contributed by atoms with Gasteiger partial charge in [-0.1, -0.05) is 17.7 Å². The number of nitrogens with zero attached hydrogens (tertiary/aromatic N) is 3. The summed E-state index contributed by atoms with van der Waals surface area (Å²) < 4.78 is 28.3. The van der Waals surface area contributed by atoms with Gasteiger partial charge in [-0.2, -0.15) is 0 Å². The third-order valence-electron chi connectivity index (χ3n) is 2.83. The molecule has 2 heterocycles. The van der Waals surface area contributed by atoms with Gasteiger partial charge in [0.15, 0.2) is 11.5 Å². The normalized spacial score (nSPS) is 11.9. The Morgan fingerprint density at radius 3 is 2.62 bits per heavy atom. The monoisotopic (exact) mass is 322 g/mol. The molecule has 0 saturated carbocycles. The van der Waals surface area contributed by atoms with Crippen molar-refractivity contribution in [2.24, 2.45) is 0 Å². The lowest BCUT2D eigenvalue weighted by molar-refractivity contribution is 0.579. The van der Waals surface area contributed by atoms with Crippen molar-refractivity contribution in [1.82, 2.24) is 19.3 Å². The van der Waals surface area contributed by atoms with Crippen molar-refractivity contribution < 1.29 is 8.42 Å². The molecule has 0 unspecified atom stereocenters. The zero-order chi connectivity index (χ0) is 14.9. The van der Waals surface area contributed by atoms with Crippen LogP contribution in [0.15, 0.2) is 53.6 Å². The third kappa shape index (κ3) is 3.05. The average Bonchev–Trinajstić information content (AvgIpc) is 2.89. The first-order valence-electron chi connectivity index (χ1n) is 6.10. The number of nitrogens with one attached hydrogen (secondary N) is 1. The second kappa shape index (κ2) is 5.44. The van der Waals surface area contributed by atoms with E-state index in [1.807, 2.05) is 12.1 Å². The van der Waals surface area contributed by atoms with Crippen molar-refractivity contribution in [2.75, 3.05) is 0 Å². The molecule has 0 aliphatic carbocycles. The molecule has 3 rings (SSSR count). The van der Waals surface area contributed by atoms with Gasteiger partial charge < -0.3 is 0 Å². The van der Waals surface area contributed by atoms with Crippen molar-refractivity contribution in [3.05, 3.63) is 59.5 Å². The Morgan fingerprint density at radius 1 is 1.14 bits per heavy atom. The first-order valence-corrected chi connectivity index (χ1v) is 7.96. The molecule has 3 aromatic rings. The van der Waals surface area contributed by atoms with Gasteiger partial charge in [-0.15, -0.1) is 5.10 Å². The van der Waals surface area contributed by atoms with Gasteiger partial charge >= 0.3 is 0 Å². The number of hydrogen-bond acceptors (Lipinski definition) is 4. The van der Waals surface area contributed by atoms with Gasteiger partial charge in [0.2, 0.25) is 10.0 Å². The highest BCUT2D eigenvalue weighted by Gasteiger charge is 2.14. The van der Waals surface area contributed by atoms with Crippen LogP contribution in [-0.2, 0) is 16.6 Å². The van der Waals surface area contributed by atoms with Gasteiger partial charge in [-0.3, -0.25) is 0 Å². The quantitative estimate of drug-likeness (QED) is 0.795. The van der Waals surface area contributed by atoms with Crippen LogP contribution in [0.1, 0.15) is 5.82 Å². The molecule has 2 aromatic heterocycles. The van der Waals surface area contributed by atoms with E-state index in [-0.39, 0.29) is 11.4 Å². The molecular weight excluding hydrogens is 312 g/mol. The van der Waals surface area contributed by atoms with Crippen LogP contribution >= 0.6 is 11.6 Å². The van der Waals surface area contributed by atoms with E-state index in [0.717, 1.165) is 0 Å². The number of fused-ring (bicyclic) bond motifs is 1. The fourth-order valence-electron chi connectivity index (χ4n) is 1.81. The lowest BCUT2D eigenvalue weighted by Gasteiger charge is -2.04. The highest BCUT2D eigenvalue weighted by Crippen LogP contribution is 2.14. The van der Waals surface area contributed by atoms with Crippen LogP contribution in [-0.4, -0.2) is 23.0 Å². The molecular formula is C13H11ClN4O2S. The van der Waals surface area contributed by atoms with Crippen LogP contribution in [0.2, 0.25) is 5.02 Å². The number of halogens is 1. The Labute approximate surface area is 126 Å². The summed E-state index contributed by atoms with van der Waals surface area (Å²) in [6.07, 6.45) is 1.75. The van der Waals surface area contributed by atoms with E-state index < -0.39 is 10.0 Å². The van der Waals surface area contributed by atoms with Gasteiger partial charge in [0.05, 0.1) is 11.4 Å². The molecule has 0 saturated heterocycles. The number of hydrogen-bond donors (Lipinski definition) is 1. The minimum atomic E-state index is -3.61. The van der Waals surface area contributed by atoms with E-state index >= 15 is 0 Å². The summed E-state index contributed by atoms with van der Waals surface area (Å²) in [5.41, 5.74) is 0.665. The third-order valence-corrected chi connectivity index (χ3v) is 4.50. The average molecular weight is 323 g/mol. The highest BCUT2D eigenvalue weighted by molar-refractivity contribution is 7.89. The second-order valence-electron chi connectivity index (χ2n) is 4.31. The van der Waals surface area contributed by atoms with Crippen molar-refractivity contribution in [3.63, 3.8) is 0 Å². The standard InChI is InChI=1S/C13H11ClN4O2S/c14-10-4-6-11(7-5-10)21(19,20)15-9-12-16-13-3-1-2-8-18(13)17-12/h1-8,15H,9H2. The summed E-state index contributed by atoms with van der Waals surface area (Å²) in [5, 5.41) is 4.66. The maximum atomic E-state index is 12.1. The molecule has 0 atom stereocenters. The number of pyridine rings is 1. The SMILES string of the molecule is O=S(=O)(NCc1nc2ccccn2n1)c1ccc(Cl)cc1. The lowest BCUT2D eigenvalue weighted by Crippen LogP contribution is -2.23. The zero-order valence-electron chi connectivity index (χ0n) is 10.8. The Hall–Kier alpha value is -1.96. The van der Waals surface area contributed by atoms with E-state index in [1.165, 1.54) is 24.3 Å². The second-order valence-corrected chi connectivity index (χ2v) is 6.51. The largest absolute Gasteiger partial charge is 0.240 e. The summed E-state index contributed by atoms with van der Waals surface area (Å²) in [6, 6.07) is 11.4. The fraction of sp³-hybridized carbons (Fsp3) is 0.0769. The first kappa shape index (κ1) is 14.0. The molecule has 0 bridgehead atoms. The molecule has 0 aliphatic heterocycles. The van der Waals surface area contributed by atoms with Gasteiger partial charge in [0, 0.05) is 11.2 Å². The summed E-state index contributed by atoms with van der Waals surface area (Å²) in [4.78, 5) is 4.38. The number of sulfonamides is 1. The minimum Gasteiger partial charge on any atom is -0.221 e. The van der Waals surface area contributed by atoms with Gasteiger partial charge in [0.25, 0.3) is 0 Å². The number of benzene rings is 1. The molecule has 0 spiro atoms. The van der Waals surface area contributed by atoms with Crippen molar-refractivity contribution >= 4 is 27.3 Å². The van der Waals surface area contributed by atoms with Crippen LogP contribution in [0.5, 0.6) is 0 Å². The Balaban J connectivity index is 1.78. The van der Waals surface area contributed by atoms with Crippen molar-refractivity contribution in [1.29, 1.82) is 0 Å². The minimum absolute atomic E-state index is 0.0205. The van der Waals surface area contributed by atoms with Crippen LogP contribution in [0.25, 0.3) is 5.65 Å². The summed E-state index contributed by atoms with van der Waals surface area (Å²) in [5.74, 6) is 0.402. The van der Waals surface area contributed by atoms with E-state index in [9.17, 15) is 8.42 Å². The predicted molar refractivity (Wildman–Crippen MR) is 78.5 cm³/mol. The Bertz CT molecular complexity index is 842. The van der Waals surface area contributed by atoms with Crippen molar-refractivity contribution in [2.45, 2.75) is 11.4 Å². The Morgan fingerprint density at radius 2 is 1.90 bits per heavy atom. The summed E-state index contributed by atoms with van der Waals surface area (Å²) in [6.45, 7) is 0.0205. The fourth-order valence-corrected chi connectivity index (χ4v) is 2.92. The molecule has 21 heavy (non-hydrogen) atoms. The molecule has 108 valence electrons. The maximum absolute atomic E-state index is 12.1. The van der Waals surface area contributed by atoms with Gasteiger partial charge in [-0.05, 0) is 36.4 Å². The molecule has 0 aliphatic rings. The van der Waals surface area contributed by atoms with Crippen molar-refractivity contribution in [3.8, 4) is 0 Å². The highest BCUT2D eigenvalue weighted by atomic mass is 35.5. The van der Waals surface area contributed by atoms with Crippen LogP contribution in [0, 0.1) is 0 Å². The van der Waals surface area contributed by atoms with Gasteiger partial charge in [-0.25, -0.2) is 22.6 Å². The zero-order valence-corrected chi connectivity index (χ0v) is 12.3. The lowest BCUT2D eigenvalue weighted by atomic mass is 10.4. The molecule has 0 amide bonds. The Kier molecular flexibility index (Phi) is 3.62. The molecule has 1 N–H and O–H groups in total. The van der Waals surface area contributed by atoms with Crippen LogP contribution in [0.3, 0.4) is 0 Å². The molecule has 1 aromatic carbocycles. The maximum Gasteiger partial charge on any atom is 0.240 e. The van der Waals surface area contributed by atoms with E-state index in [0.29, 0.717) is 16.5 Å². The predicted octanol–water partition coefficient (Wildman–Crippen LogP) is 1.86. The first-order chi connectivity index (χ1) is 10.0. The van der Waals surface area contributed by atoms with E-state index in [4.69, 9.17) is 11.6 Å². The summed E-state index contributed by atoms with van der Waals surface area (Å²) >= 11 is 5.74. The van der Waals surface area contributed by atoms with E-state index in [2.05, 4.69) is 14.8 Å². The van der Waals surface area contributed by atoms with E-state index in [1.54, 1.807) is 16.8 Å². The number of aromatic nitrogens is 3. The summed E-state index contributed by atoms with van der Waals surface area (Å²) in [7, 11) is -3.61. The molecule has 8 heteroatoms. The number of rotatable bonds is 4. The molecule has 6 nitrogen and oxygen atoms in total. The topological polar surface area (TPSA) is 76.4 Å². The van der Waals surface area contributed by atoms with Crippen LogP contribution in [0.4, 0.5) is 0 Å². The van der Waals surface area contributed by atoms with Crippen LogP contribution < -0.4 is 4.72 Å². The van der Waals surface area contributed by atoms with Gasteiger partial charge in [0.1, 0.15) is 0 Å². The molecule has 0 fully saturated rings. The molecule has 0 radical (unpaired) electrons. The smallest absolute Gasteiger partial charge is 0.221 e.